The fourth-order valence-corrected chi connectivity index (χ4v) is 3.66. The van der Waals surface area contributed by atoms with Crippen molar-refractivity contribution in [1.82, 2.24) is 4.90 Å². The summed E-state index contributed by atoms with van der Waals surface area (Å²) in [5, 5.41) is 0. The van der Waals surface area contributed by atoms with Gasteiger partial charge in [0.05, 0.1) is 12.2 Å². The third-order valence-electron chi connectivity index (χ3n) is 4.97. The van der Waals surface area contributed by atoms with Crippen molar-refractivity contribution in [2.75, 3.05) is 26.2 Å². The van der Waals surface area contributed by atoms with Crippen molar-refractivity contribution in [2.45, 2.75) is 59.5 Å². The number of rotatable bonds is 2. The topological polar surface area (TPSA) is 29.5 Å². The smallest absolute Gasteiger partial charge is 0.137 e. The molecular formula is C17H31NO2. The van der Waals surface area contributed by atoms with Gasteiger partial charge in [0.25, 0.3) is 0 Å². The number of hydrogen-bond donors (Lipinski definition) is 0. The summed E-state index contributed by atoms with van der Waals surface area (Å²) in [7, 11) is 0. The van der Waals surface area contributed by atoms with E-state index in [0.717, 1.165) is 45.5 Å². The van der Waals surface area contributed by atoms with Gasteiger partial charge in [-0.3, -0.25) is 9.69 Å². The molecule has 116 valence electrons. The lowest BCUT2D eigenvalue weighted by Gasteiger charge is -2.42. The van der Waals surface area contributed by atoms with E-state index in [-0.39, 0.29) is 11.5 Å². The van der Waals surface area contributed by atoms with E-state index in [1.807, 2.05) is 0 Å². The minimum atomic E-state index is -0.0700. The average Bonchev–Trinajstić information content (AvgIpc) is 2.29. The zero-order chi connectivity index (χ0) is 15.0. The maximum Gasteiger partial charge on any atom is 0.137 e. The normalized spacial score (nSPS) is 32.4. The molecule has 2 unspecified atom stereocenters. The highest BCUT2D eigenvalue weighted by atomic mass is 16.5. The van der Waals surface area contributed by atoms with Gasteiger partial charge in [-0.2, -0.15) is 0 Å². The van der Waals surface area contributed by atoms with Gasteiger partial charge in [0, 0.05) is 32.0 Å². The van der Waals surface area contributed by atoms with E-state index in [0.29, 0.717) is 17.1 Å². The summed E-state index contributed by atoms with van der Waals surface area (Å²) in [5.41, 5.74) is 0.253. The lowest BCUT2D eigenvalue weighted by molar-refractivity contribution is -0.130. The molecular weight excluding hydrogens is 250 g/mol. The van der Waals surface area contributed by atoms with E-state index in [4.69, 9.17) is 4.74 Å². The first-order chi connectivity index (χ1) is 9.17. The van der Waals surface area contributed by atoms with Crippen molar-refractivity contribution in [3.8, 4) is 0 Å². The van der Waals surface area contributed by atoms with Crippen LogP contribution in [-0.4, -0.2) is 42.5 Å². The lowest BCUT2D eigenvalue weighted by atomic mass is 9.68. The molecule has 2 rings (SSSR count). The highest BCUT2D eigenvalue weighted by Crippen LogP contribution is 2.39. The molecule has 0 aromatic carbocycles. The highest BCUT2D eigenvalue weighted by molar-refractivity contribution is 5.82. The van der Waals surface area contributed by atoms with Crippen molar-refractivity contribution in [2.24, 2.45) is 17.3 Å². The molecule has 3 nitrogen and oxygen atoms in total. The molecule has 0 bridgehead atoms. The predicted molar refractivity (Wildman–Crippen MR) is 81.8 cm³/mol. The summed E-state index contributed by atoms with van der Waals surface area (Å²) in [5.74, 6) is 1.40. The summed E-state index contributed by atoms with van der Waals surface area (Å²) < 4.78 is 5.76. The van der Waals surface area contributed by atoms with Gasteiger partial charge in [-0.25, -0.2) is 0 Å². The van der Waals surface area contributed by atoms with E-state index in [1.165, 1.54) is 0 Å². The Morgan fingerprint density at radius 1 is 1.35 bits per heavy atom. The van der Waals surface area contributed by atoms with Gasteiger partial charge in [-0.05, 0) is 38.0 Å². The summed E-state index contributed by atoms with van der Waals surface area (Å²) in [6, 6.07) is 0. The van der Waals surface area contributed by atoms with Crippen LogP contribution in [-0.2, 0) is 9.53 Å². The molecule has 1 saturated heterocycles. The Balaban J connectivity index is 1.95. The fourth-order valence-electron chi connectivity index (χ4n) is 3.66. The molecule has 0 spiro atoms. The maximum absolute atomic E-state index is 12.2. The minimum absolute atomic E-state index is 0.0700. The molecule has 2 atom stereocenters. The van der Waals surface area contributed by atoms with Crippen molar-refractivity contribution in [3.05, 3.63) is 0 Å². The zero-order valence-corrected chi connectivity index (χ0v) is 13.9. The Morgan fingerprint density at radius 2 is 2.05 bits per heavy atom. The van der Waals surface area contributed by atoms with Crippen LogP contribution in [0.15, 0.2) is 0 Å². The van der Waals surface area contributed by atoms with Crippen LogP contribution in [0.3, 0.4) is 0 Å². The zero-order valence-electron chi connectivity index (χ0n) is 13.9. The number of nitrogens with zero attached hydrogens (tertiary/aromatic N) is 1. The Morgan fingerprint density at radius 3 is 2.65 bits per heavy atom. The Bertz CT molecular complexity index is 356. The molecule has 0 aromatic rings. The van der Waals surface area contributed by atoms with Crippen LogP contribution >= 0.6 is 0 Å². The molecule has 2 fully saturated rings. The Labute approximate surface area is 124 Å². The van der Waals surface area contributed by atoms with Gasteiger partial charge >= 0.3 is 0 Å². The standard InChI is InChI=1S/C17H31NO2/c1-16(2,3)14-6-7-15(19)13(10-14)11-18-8-9-20-17(4,5)12-18/h13-14H,6-12H2,1-5H3. The van der Waals surface area contributed by atoms with E-state index < -0.39 is 0 Å². The molecule has 3 heteroatoms. The van der Waals surface area contributed by atoms with Gasteiger partial charge in [0.1, 0.15) is 5.78 Å². The van der Waals surface area contributed by atoms with Gasteiger partial charge in [-0.1, -0.05) is 20.8 Å². The number of ketones is 1. The van der Waals surface area contributed by atoms with Crippen molar-refractivity contribution in [1.29, 1.82) is 0 Å². The molecule has 0 aromatic heterocycles. The van der Waals surface area contributed by atoms with Crippen molar-refractivity contribution >= 4 is 5.78 Å². The molecule has 2 aliphatic rings. The van der Waals surface area contributed by atoms with Crippen LogP contribution in [0, 0.1) is 17.3 Å². The Kier molecular flexibility index (Phi) is 4.60. The van der Waals surface area contributed by atoms with Gasteiger partial charge in [0.2, 0.25) is 0 Å². The van der Waals surface area contributed by atoms with E-state index in [1.54, 1.807) is 0 Å². The third-order valence-corrected chi connectivity index (χ3v) is 4.97. The number of hydrogen-bond acceptors (Lipinski definition) is 3. The first-order valence-corrected chi connectivity index (χ1v) is 8.06. The number of morpholine rings is 1. The molecule has 20 heavy (non-hydrogen) atoms. The summed E-state index contributed by atoms with van der Waals surface area (Å²) in [6.45, 7) is 14.8. The quantitative estimate of drug-likeness (QED) is 0.779. The summed E-state index contributed by atoms with van der Waals surface area (Å²) in [6.07, 6.45) is 2.92. The number of carbonyl (C=O) groups is 1. The van der Waals surface area contributed by atoms with Crippen LogP contribution in [0.1, 0.15) is 53.9 Å². The van der Waals surface area contributed by atoms with Crippen LogP contribution in [0.5, 0.6) is 0 Å². The van der Waals surface area contributed by atoms with E-state index in [2.05, 4.69) is 39.5 Å². The number of Topliss-reactive ketones (excluding diaryl/α,β-unsaturated/α-hetero) is 1. The Hall–Kier alpha value is -0.410. The number of carbonyl (C=O) groups excluding carboxylic acids is 1. The molecule has 1 aliphatic carbocycles. The maximum atomic E-state index is 12.2. The lowest BCUT2D eigenvalue weighted by Crippen LogP contribution is -2.51. The molecule has 1 saturated carbocycles. The van der Waals surface area contributed by atoms with E-state index >= 15 is 0 Å². The molecule has 0 N–H and O–H groups in total. The van der Waals surface area contributed by atoms with Crippen LogP contribution < -0.4 is 0 Å². The van der Waals surface area contributed by atoms with Gasteiger partial charge < -0.3 is 4.74 Å². The molecule has 0 radical (unpaired) electrons. The van der Waals surface area contributed by atoms with Crippen LogP contribution in [0.25, 0.3) is 0 Å². The highest BCUT2D eigenvalue weighted by Gasteiger charge is 2.37. The van der Waals surface area contributed by atoms with E-state index in [9.17, 15) is 4.79 Å². The van der Waals surface area contributed by atoms with Gasteiger partial charge in [-0.15, -0.1) is 0 Å². The third kappa shape index (κ3) is 4.05. The average molecular weight is 281 g/mol. The second-order valence-electron chi connectivity index (χ2n) is 8.34. The molecule has 1 heterocycles. The molecule has 1 aliphatic heterocycles. The van der Waals surface area contributed by atoms with Gasteiger partial charge in [0.15, 0.2) is 0 Å². The van der Waals surface area contributed by atoms with Crippen LogP contribution in [0.4, 0.5) is 0 Å². The first-order valence-electron chi connectivity index (χ1n) is 8.06. The second-order valence-corrected chi connectivity index (χ2v) is 8.34. The monoisotopic (exact) mass is 281 g/mol. The summed E-state index contributed by atoms with van der Waals surface area (Å²) in [4.78, 5) is 14.7. The predicted octanol–water partition coefficient (Wildman–Crippen LogP) is 3.13. The fraction of sp³-hybridized carbons (Fsp3) is 0.941. The first kappa shape index (κ1) is 16.0. The number of ether oxygens (including phenoxy) is 1. The second kappa shape index (κ2) is 5.76. The van der Waals surface area contributed by atoms with Crippen molar-refractivity contribution in [3.63, 3.8) is 0 Å². The largest absolute Gasteiger partial charge is 0.373 e. The van der Waals surface area contributed by atoms with Crippen LogP contribution in [0.2, 0.25) is 0 Å². The summed E-state index contributed by atoms with van der Waals surface area (Å²) >= 11 is 0. The SMILES string of the molecule is CC1(C)CN(CC2CC(C(C)(C)C)CCC2=O)CCO1. The van der Waals surface area contributed by atoms with Crippen molar-refractivity contribution < 1.29 is 9.53 Å². The minimum Gasteiger partial charge on any atom is -0.373 e. The molecule has 0 amide bonds.